The third-order valence-electron chi connectivity index (χ3n) is 6.16. The number of carboxylic acid groups (broad SMARTS) is 1. The molecule has 0 bridgehead atoms. The van der Waals surface area contributed by atoms with Crippen LogP contribution in [0.1, 0.15) is 42.4 Å². The number of aliphatic carboxylic acids is 1. The summed E-state index contributed by atoms with van der Waals surface area (Å²) in [5.41, 5.74) is 2.78. The summed E-state index contributed by atoms with van der Waals surface area (Å²) in [6.07, 6.45) is 0.904. The number of benzene rings is 2. The second kappa shape index (κ2) is 16.9. The van der Waals surface area contributed by atoms with Gasteiger partial charge < -0.3 is 30.5 Å². The highest BCUT2D eigenvalue weighted by atomic mass is 16.6. The van der Waals surface area contributed by atoms with Crippen molar-refractivity contribution in [2.75, 3.05) is 44.7 Å². The molecule has 0 spiro atoms. The first-order valence-electron chi connectivity index (χ1n) is 14.6. The molecule has 1 heterocycles. The number of anilines is 1. The summed E-state index contributed by atoms with van der Waals surface area (Å²) in [7, 11) is 0. The van der Waals surface area contributed by atoms with Crippen LogP contribution < -0.4 is 16.0 Å². The lowest BCUT2D eigenvalue weighted by Crippen LogP contribution is -2.41. The topological polar surface area (TPSA) is 159 Å². The number of carbonyl (C=O) groups excluding carboxylic acids is 3. The number of hydrogen-bond acceptors (Lipinski definition) is 8. The Morgan fingerprint density at radius 3 is 2.36 bits per heavy atom. The molecule has 12 heteroatoms. The molecular weight excluding hydrogens is 578 g/mol. The molecule has 2 aromatic carbocycles. The second-order valence-corrected chi connectivity index (χ2v) is 11.3. The lowest BCUT2D eigenvalue weighted by molar-refractivity contribution is -0.136. The molecule has 3 amide bonds. The quantitative estimate of drug-likeness (QED) is 0.185. The van der Waals surface area contributed by atoms with Crippen LogP contribution in [0, 0.1) is 6.92 Å². The van der Waals surface area contributed by atoms with Gasteiger partial charge in [0.15, 0.2) is 5.69 Å². The smallest absolute Gasteiger partial charge is 0.411 e. The van der Waals surface area contributed by atoms with E-state index < -0.39 is 29.5 Å². The summed E-state index contributed by atoms with van der Waals surface area (Å²) >= 11 is 0. The molecular formula is C33H41N5O7. The highest BCUT2D eigenvalue weighted by Crippen LogP contribution is 2.24. The van der Waals surface area contributed by atoms with E-state index in [1.807, 2.05) is 61.5 Å². The minimum Gasteiger partial charge on any atom is -0.480 e. The van der Waals surface area contributed by atoms with Crippen molar-refractivity contribution in [2.45, 2.75) is 39.8 Å². The van der Waals surface area contributed by atoms with E-state index in [0.29, 0.717) is 12.1 Å². The van der Waals surface area contributed by atoms with Gasteiger partial charge >= 0.3 is 12.1 Å². The third-order valence-corrected chi connectivity index (χ3v) is 6.16. The van der Waals surface area contributed by atoms with E-state index in [9.17, 15) is 19.2 Å². The van der Waals surface area contributed by atoms with Crippen molar-refractivity contribution in [2.24, 2.45) is 0 Å². The van der Waals surface area contributed by atoms with Crippen molar-refractivity contribution >= 4 is 29.6 Å². The number of ether oxygens (including phenoxy) is 2. The fourth-order valence-corrected chi connectivity index (χ4v) is 4.20. The number of rotatable bonds is 15. The van der Waals surface area contributed by atoms with Crippen molar-refractivity contribution in [1.29, 1.82) is 0 Å². The molecule has 0 aliphatic rings. The first kappa shape index (κ1) is 34.7. The second-order valence-electron chi connectivity index (χ2n) is 11.3. The summed E-state index contributed by atoms with van der Waals surface area (Å²) in [5.74, 6) is -2.02. The van der Waals surface area contributed by atoms with Crippen LogP contribution in [0.3, 0.4) is 0 Å². The van der Waals surface area contributed by atoms with Gasteiger partial charge in [0.25, 0.3) is 5.91 Å². The monoisotopic (exact) mass is 619 g/mol. The molecule has 0 unspecified atom stereocenters. The van der Waals surface area contributed by atoms with Crippen LogP contribution in [0.25, 0.3) is 11.1 Å². The Labute approximate surface area is 263 Å². The van der Waals surface area contributed by atoms with Crippen LogP contribution in [0.15, 0.2) is 66.9 Å². The van der Waals surface area contributed by atoms with E-state index in [1.54, 1.807) is 33.0 Å². The van der Waals surface area contributed by atoms with E-state index in [0.717, 1.165) is 16.7 Å². The molecule has 0 aliphatic heterocycles. The molecule has 3 aromatic rings. The van der Waals surface area contributed by atoms with Crippen LogP contribution in [-0.4, -0.2) is 83.9 Å². The Morgan fingerprint density at radius 2 is 1.67 bits per heavy atom. The molecule has 1 aromatic heterocycles. The zero-order valence-electron chi connectivity index (χ0n) is 26.1. The molecule has 0 atom stereocenters. The van der Waals surface area contributed by atoms with Crippen LogP contribution >= 0.6 is 0 Å². The fourth-order valence-electron chi connectivity index (χ4n) is 4.20. The molecule has 0 aliphatic carbocycles. The van der Waals surface area contributed by atoms with Gasteiger partial charge in [-0.05, 0) is 44.9 Å². The first-order valence-corrected chi connectivity index (χ1v) is 14.6. The van der Waals surface area contributed by atoms with E-state index in [1.165, 1.54) is 4.90 Å². The number of amides is 3. The highest BCUT2D eigenvalue weighted by molar-refractivity contribution is 6.03. The van der Waals surface area contributed by atoms with Crippen LogP contribution in [0.2, 0.25) is 0 Å². The van der Waals surface area contributed by atoms with Crippen molar-refractivity contribution in [1.82, 2.24) is 20.5 Å². The maximum Gasteiger partial charge on any atom is 0.411 e. The molecule has 0 saturated carbocycles. The Kier molecular flexibility index (Phi) is 13.0. The Balaban J connectivity index is 1.75. The summed E-state index contributed by atoms with van der Waals surface area (Å²) in [4.78, 5) is 55.9. The van der Waals surface area contributed by atoms with Gasteiger partial charge in [-0.3, -0.25) is 19.3 Å². The molecule has 240 valence electrons. The van der Waals surface area contributed by atoms with Gasteiger partial charge in [-0.15, -0.1) is 0 Å². The van der Waals surface area contributed by atoms with Gasteiger partial charge in [-0.2, -0.15) is 0 Å². The SMILES string of the molecule is Cc1cccc(CN(CC(=O)Nc2cc(-c3ccccc3)cnc2C(=O)NCCOCCNCC(=O)O)C(=O)OC(C)(C)C)c1. The first-order chi connectivity index (χ1) is 21.4. The minimum absolute atomic E-state index is 0.00587. The number of carboxylic acids is 1. The van der Waals surface area contributed by atoms with Crippen molar-refractivity contribution < 1.29 is 33.8 Å². The molecule has 4 N–H and O–H groups in total. The molecule has 12 nitrogen and oxygen atoms in total. The third kappa shape index (κ3) is 12.4. The van der Waals surface area contributed by atoms with Crippen LogP contribution in [-0.2, 0) is 25.6 Å². The number of carbonyl (C=O) groups is 4. The highest BCUT2D eigenvalue weighted by Gasteiger charge is 2.25. The van der Waals surface area contributed by atoms with E-state index >= 15 is 0 Å². The minimum atomic E-state index is -0.959. The van der Waals surface area contributed by atoms with Crippen LogP contribution in [0.4, 0.5) is 10.5 Å². The Morgan fingerprint density at radius 1 is 0.933 bits per heavy atom. The standard InChI is InChI=1S/C33H41N5O7/c1-23-9-8-10-24(17-23)21-38(32(43)45-33(2,3)4)22-28(39)37-27-18-26(25-11-6-5-7-12-25)19-36-30(27)31(42)35-14-16-44-15-13-34-20-29(40)41/h5-12,17-19,34H,13-16,20-22H2,1-4H3,(H,35,42)(H,37,39)(H,40,41). The van der Waals surface area contributed by atoms with Gasteiger partial charge in [0, 0.05) is 31.4 Å². The largest absolute Gasteiger partial charge is 0.480 e. The Hall–Kier alpha value is -4.81. The summed E-state index contributed by atoms with van der Waals surface area (Å²) in [6.45, 7) is 7.82. The van der Waals surface area contributed by atoms with Gasteiger partial charge in [0.2, 0.25) is 5.91 Å². The average Bonchev–Trinajstić information content (AvgIpc) is 2.97. The summed E-state index contributed by atoms with van der Waals surface area (Å²) < 4.78 is 11.0. The lowest BCUT2D eigenvalue weighted by Gasteiger charge is -2.27. The number of aromatic nitrogens is 1. The fraction of sp³-hybridized carbons (Fsp3) is 0.364. The van der Waals surface area contributed by atoms with Gasteiger partial charge in [0.05, 0.1) is 25.4 Å². The predicted molar refractivity (Wildman–Crippen MR) is 170 cm³/mol. The molecule has 0 saturated heterocycles. The average molecular weight is 620 g/mol. The molecule has 0 fully saturated rings. The number of aryl methyl sites for hydroxylation is 1. The number of nitrogens with one attached hydrogen (secondary N) is 3. The van der Waals surface area contributed by atoms with Gasteiger partial charge in [-0.1, -0.05) is 60.2 Å². The van der Waals surface area contributed by atoms with E-state index in [2.05, 4.69) is 20.9 Å². The number of pyridine rings is 1. The summed E-state index contributed by atoms with van der Waals surface area (Å²) in [6, 6.07) is 18.7. The zero-order chi connectivity index (χ0) is 32.8. The normalized spacial score (nSPS) is 11.0. The maximum absolute atomic E-state index is 13.4. The van der Waals surface area contributed by atoms with Crippen molar-refractivity contribution in [3.63, 3.8) is 0 Å². The zero-order valence-corrected chi connectivity index (χ0v) is 26.1. The molecule has 3 rings (SSSR count). The maximum atomic E-state index is 13.4. The molecule has 0 radical (unpaired) electrons. The summed E-state index contributed by atoms with van der Waals surface area (Å²) in [5, 5.41) is 16.9. The van der Waals surface area contributed by atoms with Gasteiger partial charge in [-0.25, -0.2) is 9.78 Å². The number of nitrogens with zero attached hydrogens (tertiary/aromatic N) is 2. The van der Waals surface area contributed by atoms with Gasteiger partial charge in [0.1, 0.15) is 12.1 Å². The predicted octanol–water partition coefficient (Wildman–Crippen LogP) is 3.85. The van der Waals surface area contributed by atoms with E-state index in [4.69, 9.17) is 14.6 Å². The van der Waals surface area contributed by atoms with E-state index in [-0.39, 0.29) is 50.8 Å². The van der Waals surface area contributed by atoms with Crippen molar-refractivity contribution in [3.05, 3.63) is 83.7 Å². The lowest BCUT2D eigenvalue weighted by atomic mass is 10.1. The Bertz CT molecular complexity index is 1460. The number of hydrogen-bond donors (Lipinski definition) is 4. The van der Waals surface area contributed by atoms with Crippen molar-refractivity contribution in [3.8, 4) is 11.1 Å². The molecule has 45 heavy (non-hydrogen) atoms. The van der Waals surface area contributed by atoms with Crippen LogP contribution in [0.5, 0.6) is 0 Å².